The first-order valence-corrected chi connectivity index (χ1v) is 4.43. The van der Waals surface area contributed by atoms with E-state index in [0.717, 1.165) is 12.1 Å². The molecular weight excluding hydrogens is 225 g/mol. The van der Waals surface area contributed by atoms with Crippen LogP contribution in [0.2, 0.25) is 5.02 Å². The zero-order chi connectivity index (χ0) is 11.6. The molecule has 0 aliphatic carbocycles. The molecule has 3 N–H and O–H groups in total. The number of aliphatic carboxylic acids is 1. The second kappa shape index (κ2) is 4.35. The smallest absolute Gasteiger partial charge is 0.344 e. The van der Waals surface area contributed by atoms with Gasteiger partial charge in [-0.25, -0.2) is 9.18 Å². The van der Waals surface area contributed by atoms with Crippen molar-refractivity contribution in [2.75, 3.05) is 5.73 Å². The van der Waals surface area contributed by atoms with Crippen molar-refractivity contribution in [2.45, 2.75) is 13.0 Å². The number of carboxylic acids is 1. The van der Waals surface area contributed by atoms with Gasteiger partial charge >= 0.3 is 5.97 Å². The fourth-order valence-corrected chi connectivity index (χ4v) is 1.07. The van der Waals surface area contributed by atoms with Gasteiger partial charge in [-0.2, -0.15) is 0 Å². The van der Waals surface area contributed by atoms with Gasteiger partial charge in [-0.05, 0) is 13.0 Å². The first-order valence-electron chi connectivity index (χ1n) is 4.05. The van der Waals surface area contributed by atoms with Crippen LogP contribution in [0.25, 0.3) is 0 Å². The van der Waals surface area contributed by atoms with Crippen LogP contribution in [0.15, 0.2) is 12.1 Å². The van der Waals surface area contributed by atoms with Crippen LogP contribution < -0.4 is 10.5 Å². The van der Waals surface area contributed by atoms with Crippen LogP contribution in [0, 0.1) is 5.82 Å². The highest BCUT2D eigenvalue weighted by atomic mass is 35.5. The minimum atomic E-state index is -1.14. The Morgan fingerprint density at radius 1 is 1.67 bits per heavy atom. The number of benzene rings is 1. The third kappa shape index (κ3) is 2.73. The topological polar surface area (TPSA) is 72.5 Å². The summed E-state index contributed by atoms with van der Waals surface area (Å²) < 4.78 is 17.8. The number of hydrogen-bond acceptors (Lipinski definition) is 3. The number of anilines is 1. The van der Waals surface area contributed by atoms with Crippen molar-refractivity contribution in [3.05, 3.63) is 23.0 Å². The van der Waals surface area contributed by atoms with Crippen molar-refractivity contribution < 1.29 is 19.0 Å². The third-order valence-electron chi connectivity index (χ3n) is 1.70. The van der Waals surface area contributed by atoms with Crippen molar-refractivity contribution in [1.29, 1.82) is 0 Å². The first-order chi connectivity index (χ1) is 6.91. The van der Waals surface area contributed by atoms with Crippen LogP contribution in [0.5, 0.6) is 5.75 Å². The number of nitrogen functional groups attached to an aromatic ring is 1. The maximum absolute atomic E-state index is 12.9. The molecule has 0 spiro atoms. The van der Waals surface area contributed by atoms with E-state index in [2.05, 4.69) is 0 Å². The van der Waals surface area contributed by atoms with Crippen molar-refractivity contribution in [3.8, 4) is 5.75 Å². The quantitative estimate of drug-likeness (QED) is 0.783. The van der Waals surface area contributed by atoms with Crippen LogP contribution in [0.4, 0.5) is 10.1 Å². The van der Waals surface area contributed by atoms with Gasteiger partial charge in [0, 0.05) is 6.07 Å². The molecule has 0 heterocycles. The lowest BCUT2D eigenvalue weighted by Crippen LogP contribution is -2.23. The predicted octanol–water partition coefficient (Wildman–Crippen LogP) is 1.91. The Balaban J connectivity index is 2.95. The summed E-state index contributed by atoms with van der Waals surface area (Å²) in [5.74, 6) is -1.77. The normalized spacial score (nSPS) is 12.2. The molecule has 0 fully saturated rings. The number of halogens is 2. The van der Waals surface area contributed by atoms with Crippen LogP contribution in [-0.4, -0.2) is 17.2 Å². The van der Waals surface area contributed by atoms with Crippen LogP contribution in [0.3, 0.4) is 0 Å². The van der Waals surface area contributed by atoms with Gasteiger partial charge in [0.15, 0.2) is 6.10 Å². The molecule has 1 aromatic rings. The molecule has 0 bridgehead atoms. The molecular formula is C9H9ClFNO3. The van der Waals surface area contributed by atoms with Crippen molar-refractivity contribution >= 4 is 23.3 Å². The van der Waals surface area contributed by atoms with E-state index < -0.39 is 17.9 Å². The molecule has 6 heteroatoms. The van der Waals surface area contributed by atoms with E-state index >= 15 is 0 Å². The summed E-state index contributed by atoms with van der Waals surface area (Å²) in [6.45, 7) is 1.33. The van der Waals surface area contributed by atoms with E-state index in [4.69, 9.17) is 27.2 Å². The average molecular weight is 234 g/mol. The molecule has 1 rings (SSSR count). The Labute approximate surface area is 90.4 Å². The largest absolute Gasteiger partial charge is 0.479 e. The second-order valence-corrected chi connectivity index (χ2v) is 3.31. The first kappa shape index (κ1) is 11.6. The standard InChI is InChI=1S/C9H9ClFNO3/c1-4(9(13)14)15-8-3-7(12)6(11)2-5(8)10/h2-4H,12H2,1H3,(H,13,14)/t4-/m1/s1. The van der Waals surface area contributed by atoms with E-state index in [0.29, 0.717) is 0 Å². The molecule has 0 amide bonds. The summed E-state index contributed by atoms with van der Waals surface area (Å²) in [5, 5.41) is 8.57. The number of carboxylic acid groups (broad SMARTS) is 1. The van der Waals surface area contributed by atoms with E-state index in [1.54, 1.807) is 0 Å². The number of ether oxygens (including phenoxy) is 1. The van der Waals surface area contributed by atoms with Gasteiger partial charge in [-0.1, -0.05) is 11.6 Å². The Kier molecular flexibility index (Phi) is 3.36. The van der Waals surface area contributed by atoms with Crippen LogP contribution in [-0.2, 0) is 4.79 Å². The van der Waals surface area contributed by atoms with Gasteiger partial charge < -0.3 is 15.6 Å². The monoisotopic (exact) mass is 233 g/mol. The summed E-state index contributed by atoms with van der Waals surface area (Å²) in [7, 11) is 0. The zero-order valence-electron chi connectivity index (χ0n) is 7.83. The minimum absolute atomic E-state index is 0.0187. The molecule has 15 heavy (non-hydrogen) atoms. The van der Waals surface area contributed by atoms with Gasteiger partial charge in [-0.3, -0.25) is 0 Å². The third-order valence-corrected chi connectivity index (χ3v) is 2.00. The molecule has 1 atom stereocenters. The number of rotatable bonds is 3. The maximum atomic E-state index is 12.9. The van der Waals surface area contributed by atoms with Gasteiger partial charge in [-0.15, -0.1) is 0 Å². The van der Waals surface area contributed by atoms with E-state index in [9.17, 15) is 9.18 Å². The molecule has 1 aromatic carbocycles. The van der Waals surface area contributed by atoms with Gasteiger partial charge in [0.1, 0.15) is 11.6 Å². The van der Waals surface area contributed by atoms with E-state index in [-0.39, 0.29) is 16.5 Å². The van der Waals surface area contributed by atoms with E-state index in [1.807, 2.05) is 0 Å². The molecule has 0 radical (unpaired) electrons. The van der Waals surface area contributed by atoms with Crippen molar-refractivity contribution in [1.82, 2.24) is 0 Å². The summed E-state index contributed by atoms with van der Waals surface area (Å²) in [4.78, 5) is 10.5. The number of carbonyl (C=O) groups is 1. The number of nitrogens with two attached hydrogens (primary N) is 1. The van der Waals surface area contributed by atoms with Crippen LogP contribution in [0.1, 0.15) is 6.92 Å². The van der Waals surface area contributed by atoms with Gasteiger partial charge in [0.05, 0.1) is 10.7 Å². The number of hydrogen-bond donors (Lipinski definition) is 2. The molecule has 0 aromatic heterocycles. The molecule has 4 nitrogen and oxygen atoms in total. The lowest BCUT2D eigenvalue weighted by molar-refractivity contribution is -0.144. The summed E-state index contributed by atoms with van der Waals surface area (Å²) in [6.07, 6.45) is -1.08. The molecule has 0 unspecified atom stereocenters. The average Bonchev–Trinajstić information content (AvgIpc) is 2.13. The molecule has 82 valence electrons. The predicted molar refractivity (Wildman–Crippen MR) is 53.5 cm³/mol. The van der Waals surface area contributed by atoms with Crippen molar-refractivity contribution in [2.24, 2.45) is 0 Å². The Morgan fingerprint density at radius 2 is 2.27 bits per heavy atom. The van der Waals surface area contributed by atoms with Gasteiger partial charge in [0.2, 0.25) is 0 Å². The fraction of sp³-hybridized carbons (Fsp3) is 0.222. The molecule has 0 saturated carbocycles. The Bertz CT molecular complexity index is 397. The lowest BCUT2D eigenvalue weighted by Gasteiger charge is -2.12. The summed E-state index contributed by atoms with van der Waals surface area (Å²) in [5.41, 5.74) is 5.13. The highest BCUT2D eigenvalue weighted by molar-refractivity contribution is 6.32. The highest BCUT2D eigenvalue weighted by Crippen LogP contribution is 2.29. The summed E-state index contributed by atoms with van der Waals surface area (Å²) in [6, 6.07) is 2.12. The van der Waals surface area contributed by atoms with E-state index in [1.165, 1.54) is 6.92 Å². The summed E-state index contributed by atoms with van der Waals surface area (Å²) >= 11 is 5.64. The molecule has 0 aliphatic rings. The molecule has 0 aliphatic heterocycles. The lowest BCUT2D eigenvalue weighted by atomic mass is 10.3. The Hall–Kier alpha value is -1.49. The highest BCUT2D eigenvalue weighted by Gasteiger charge is 2.15. The van der Waals surface area contributed by atoms with Crippen molar-refractivity contribution in [3.63, 3.8) is 0 Å². The maximum Gasteiger partial charge on any atom is 0.344 e. The fourth-order valence-electron chi connectivity index (χ4n) is 0.876. The van der Waals surface area contributed by atoms with Gasteiger partial charge in [0.25, 0.3) is 0 Å². The second-order valence-electron chi connectivity index (χ2n) is 2.90. The minimum Gasteiger partial charge on any atom is -0.479 e. The Morgan fingerprint density at radius 3 is 2.80 bits per heavy atom. The van der Waals surface area contributed by atoms with Crippen LogP contribution >= 0.6 is 11.6 Å². The molecule has 0 saturated heterocycles. The SMILES string of the molecule is C[C@@H](Oc1cc(N)c(F)cc1Cl)C(=O)O. The zero-order valence-corrected chi connectivity index (χ0v) is 8.58.